The van der Waals surface area contributed by atoms with E-state index in [1.165, 1.54) is 0 Å². The van der Waals surface area contributed by atoms with Crippen molar-refractivity contribution in [1.82, 2.24) is 9.88 Å². The maximum absolute atomic E-state index is 13.5. The monoisotopic (exact) mass is 516 g/mol. The quantitative estimate of drug-likeness (QED) is 0.233. The first kappa shape index (κ1) is 27.1. The van der Waals surface area contributed by atoms with Crippen LogP contribution in [0.25, 0.3) is 22.0 Å². The molecule has 2 aromatic carbocycles. The van der Waals surface area contributed by atoms with Crippen molar-refractivity contribution in [2.75, 3.05) is 33.9 Å². The number of fused-ring (bicyclic) bond motifs is 1. The number of esters is 1. The number of aryl methyl sites for hydroxylation is 1. The van der Waals surface area contributed by atoms with Crippen molar-refractivity contribution in [2.45, 2.75) is 32.7 Å². The van der Waals surface area contributed by atoms with Crippen LogP contribution in [0.1, 0.15) is 36.7 Å². The second-order valence-electron chi connectivity index (χ2n) is 9.04. The number of aromatic nitrogens is 1. The molecule has 1 heterocycles. The van der Waals surface area contributed by atoms with Crippen LogP contribution in [0.5, 0.6) is 11.5 Å². The zero-order chi connectivity index (χ0) is 26.9. The third kappa shape index (κ3) is 6.29. The van der Waals surface area contributed by atoms with Gasteiger partial charge >= 0.3 is 5.97 Å². The molecular formula is C31H36N2O5. The average molecular weight is 517 g/mol. The topological polar surface area (TPSA) is 82.0 Å². The molecule has 2 N–H and O–H groups in total. The number of carbonyl (C=O) groups is 1. The third-order valence-corrected chi connectivity index (χ3v) is 6.53. The third-order valence-electron chi connectivity index (χ3n) is 6.53. The van der Waals surface area contributed by atoms with E-state index in [9.17, 15) is 9.90 Å². The first-order valence-electron chi connectivity index (χ1n) is 13.1. The van der Waals surface area contributed by atoms with E-state index < -0.39 is 0 Å². The number of allylic oxidation sites excluding steroid dienone is 6. The number of hydrogen-bond acceptors (Lipinski definition) is 6. The van der Waals surface area contributed by atoms with Gasteiger partial charge in [-0.2, -0.15) is 0 Å². The van der Waals surface area contributed by atoms with E-state index in [4.69, 9.17) is 14.2 Å². The first-order chi connectivity index (χ1) is 18.5. The summed E-state index contributed by atoms with van der Waals surface area (Å²) in [5.41, 5.74) is 4.33. The molecule has 0 spiro atoms. The molecule has 38 heavy (non-hydrogen) atoms. The molecule has 3 aromatic rings. The van der Waals surface area contributed by atoms with Gasteiger partial charge in [-0.15, -0.1) is 0 Å². The number of aliphatic hydroxyl groups excluding tert-OH is 1. The average Bonchev–Trinajstić information content (AvgIpc) is 3.24. The first-order valence-corrected chi connectivity index (χ1v) is 13.1. The second kappa shape index (κ2) is 13.0. The highest BCUT2D eigenvalue weighted by atomic mass is 16.5. The minimum atomic E-state index is -0.359. The van der Waals surface area contributed by atoms with Gasteiger partial charge in [-0.05, 0) is 68.8 Å². The van der Waals surface area contributed by atoms with Crippen LogP contribution in [0, 0.1) is 0 Å². The fraction of sp³-hybridized carbons (Fsp3) is 0.323. The van der Waals surface area contributed by atoms with Crippen LogP contribution in [-0.2, 0) is 11.3 Å². The number of hydrogen-bond donors (Lipinski definition) is 2. The van der Waals surface area contributed by atoms with Crippen molar-refractivity contribution in [3.05, 3.63) is 83.8 Å². The Hall–Kier alpha value is -3.97. The number of likely N-dealkylation sites (N-methyl/N-ethyl adjacent to an activating group) is 1. The van der Waals surface area contributed by atoms with Crippen molar-refractivity contribution >= 4 is 16.9 Å². The Morgan fingerprint density at radius 2 is 1.92 bits per heavy atom. The van der Waals surface area contributed by atoms with Gasteiger partial charge in [-0.1, -0.05) is 35.9 Å². The summed E-state index contributed by atoms with van der Waals surface area (Å²) < 4.78 is 19.0. The molecule has 0 atom stereocenters. The number of carbonyl (C=O) groups excluding carboxylic acids is 1. The van der Waals surface area contributed by atoms with Gasteiger partial charge in [-0.3, -0.25) is 0 Å². The Balaban J connectivity index is 1.83. The summed E-state index contributed by atoms with van der Waals surface area (Å²) in [4.78, 5) is 13.5. The fourth-order valence-electron chi connectivity index (χ4n) is 4.65. The lowest BCUT2D eigenvalue weighted by atomic mass is 10.0. The molecule has 0 fully saturated rings. The number of aliphatic hydroxyl groups is 1. The van der Waals surface area contributed by atoms with Crippen molar-refractivity contribution in [2.24, 2.45) is 0 Å². The zero-order valence-corrected chi connectivity index (χ0v) is 22.3. The minimum Gasteiger partial charge on any atom is -0.512 e. The molecular weight excluding hydrogens is 480 g/mol. The summed E-state index contributed by atoms with van der Waals surface area (Å²) in [6.07, 6.45) is 9.88. The van der Waals surface area contributed by atoms with E-state index in [0.717, 1.165) is 58.5 Å². The van der Waals surface area contributed by atoms with Crippen LogP contribution in [0.15, 0.2) is 78.1 Å². The lowest BCUT2D eigenvalue weighted by Crippen LogP contribution is -2.15. The summed E-state index contributed by atoms with van der Waals surface area (Å²) in [6, 6.07) is 13.7. The number of methoxy groups -OCH3 is 1. The van der Waals surface area contributed by atoms with Crippen molar-refractivity contribution in [3.63, 3.8) is 0 Å². The molecule has 0 saturated heterocycles. The van der Waals surface area contributed by atoms with E-state index in [2.05, 4.69) is 16.0 Å². The van der Waals surface area contributed by atoms with Gasteiger partial charge in [0.15, 0.2) is 0 Å². The van der Waals surface area contributed by atoms with E-state index in [1.807, 2.05) is 68.6 Å². The second-order valence-corrected chi connectivity index (χ2v) is 9.04. The van der Waals surface area contributed by atoms with Gasteiger partial charge in [-0.25, -0.2) is 4.79 Å². The Morgan fingerprint density at radius 1 is 1.13 bits per heavy atom. The molecule has 0 radical (unpaired) electrons. The van der Waals surface area contributed by atoms with Crippen LogP contribution in [0.3, 0.4) is 0 Å². The number of benzene rings is 2. The molecule has 1 aromatic heterocycles. The van der Waals surface area contributed by atoms with Gasteiger partial charge in [0, 0.05) is 36.0 Å². The van der Waals surface area contributed by atoms with Crippen LogP contribution >= 0.6 is 0 Å². The SMILES string of the molecule is CCOC(=O)c1c(-c2ccc(OC)cc2)c2cc(OCCNC)ccc2n1CCC1=C/CC/C(O)=C/C=C\1. The van der Waals surface area contributed by atoms with Crippen LogP contribution < -0.4 is 14.8 Å². The minimum absolute atomic E-state index is 0.282. The molecule has 1 aliphatic carbocycles. The normalized spacial score (nSPS) is 17.0. The number of rotatable bonds is 11. The molecule has 7 heteroatoms. The maximum Gasteiger partial charge on any atom is 0.355 e. The summed E-state index contributed by atoms with van der Waals surface area (Å²) in [5.74, 6) is 1.51. The van der Waals surface area contributed by atoms with E-state index in [-0.39, 0.29) is 12.6 Å². The lowest BCUT2D eigenvalue weighted by molar-refractivity contribution is 0.0515. The summed E-state index contributed by atoms with van der Waals surface area (Å²) in [5, 5.41) is 13.8. The van der Waals surface area contributed by atoms with Crippen LogP contribution in [-0.4, -0.2) is 49.6 Å². The predicted octanol–water partition coefficient (Wildman–Crippen LogP) is 6.20. The molecule has 200 valence electrons. The molecule has 0 bridgehead atoms. The summed E-state index contributed by atoms with van der Waals surface area (Å²) in [7, 11) is 3.52. The zero-order valence-electron chi connectivity index (χ0n) is 22.3. The highest BCUT2D eigenvalue weighted by Crippen LogP contribution is 2.38. The van der Waals surface area contributed by atoms with Crippen molar-refractivity contribution < 1.29 is 24.1 Å². The smallest absolute Gasteiger partial charge is 0.355 e. The van der Waals surface area contributed by atoms with E-state index >= 15 is 0 Å². The highest BCUT2D eigenvalue weighted by molar-refractivity contribution is 6.09. The van der Waals surface area contributed by atoms with Gasteiger partial charge in [0.2, 0.25) is 0 Å². The fourth-order valence-corrected chi connectivity index (χ4v) is 4.65. The molecule has 0 unspecified atom stereocenters. The molecule has 1 aliphatic rings. The van der Waals surface area contributed by atoms with E-state index in [0.29, 0.717) is 31.0 Å². The Kier molecular flexibility index (Phi) is 9.27. The molecule has 7 nitrogen and oxygen atoms in total. The summed E-state index contributed by atoms with van der Waals surface area (Å²) in [6.45, 7) is 3.96. The van der Waals surface area contributed by atoms with E-state index in [1.54, 1.807) is 13.2 Å². The Labute approximate surface area is 224 Å². The van der Waals surface area contributed by atoms with Crippen LogP contribution in [0.4, 0.5) is 0 Å². The molecule has 0 saturated carbocycles. The van der Waals surface area contributed by atoms with Gasteiger partial charge < -0.3 is 29.2 Å². The number of ether oxygens (including phenoxy) is 3. The number of nitrogens with one attached hydrogen (secondary N) is 1. The largest absolute Gasteiger partial charge is 0.512 e. The van der Waals surface area contributed by atoms with Crippen molar-refractivity contribution in [1.29, 1.82) is 0 Å². The predicted molar refractivity (Wildman–Crippen MR) is 151 cm³/mol. The lowest BCUT2D eigenvalue weighted by Gasteiger charge is -2.13. The van der Waals surface area contributed by atoms with Crippen molar-refractivity contribution in [3.8, 4) is 22.6 Å². The Bertz CT molecular complexity index is 1350. The maximum atomic E-state index is 13.5. The Morgan fingerprint density at radius 3 is 2.66 bits per heavy atom. The summed E-state index contributed by atoms with van der Waals surface area (Å²) >= 11 is 0. The van der Waals surface area contributed by atoms with Gasteiger partial charge in [0.25, 0.3) is 0 Å². The van der Waals surface area contributed by atoms with Gasteiger partial charge in [0.05, 0.1) is 19.5 Å². The standard InChI is InChI=1S/C31H36N2O5/c1-4-37-31(35)30-29(23-11-13-25(36-3)14-12-23)27-21-26(38-20-18-32-2)15-16-28(27)33(30)19-17-22-7-5-9-24(34)10-6-8-22/h5,7-9,11-16,21,32,34H,4,6,10,17-20H2,1-3H3/b7-5-,22-8+,24-9-. The molecule has 0 amide bonds. The molecule has 4 rings (SSSR count). The molecule has 0 aliphatic heterocycles. The number of nitrogens with zero attached hydrogens (tertiary/aromatic N) is 1. The van der Waals surface area contributed by atoms with Gasteiger partial charge in [0.1, 0.15) is 23.8 Å². The van der Waals surface area contributed by atoms with Crippen LogP contribution in [0.2, 0.25) is 0 Å². The highest BCUT2D eigenvalue weighted by Gasteiger charge is 2.25.